The van der Waals surface area contributed by atoms with E-state index in [2.05, 4.69) is 29.2 Å². The summed E-state index contributed by atoms with van der Waals surface area (Å²) in [6.07, 6.45) is 3.65. The normalized spacial score (nSPS) is 24.6. The summed E-state index contributed by atoms with van der Waals surface area (Å²) < 4.78 is 26.9. The maximum absolute atomic E-state index is 12.5. The second-order valence-corrected chi connectivity index (χ2v) is 9.92. The zero-order chi connectivity index (χ0) is 20.2. The molecule has 7 heteroatoms. The highest BCUT2D eigenvalue weighted by Crippen LogP contribution is 2.27. The van der Waals surface area contributed by atoms with Crippen molar-refractivity contribution in [3.8, 4) is 0 Å². The molecule has 27 heavy (non-hydrogen) atoms. The number of hydrogen-bond donors (Lipinski definition) is 3. The summed E-state index contributed by atoms with van der Waals surface area (Å²) in [5, 5.41) is 5.07. The molecule has 1 aromatic rings. The molecule has 6 nitrogen and oxygen atoms in total. The van der Waals surface area contributed by atoms with Crippen LogP contribution in [0.5, 0.6) is 0 Å². The Morgan fingerprint density at radius 2 is 1.74 bits per heavy atom. The van der Waals surface area contributed by atoms with E-state index in [0.29, 0.717) is 23.6 Å². The van der Waals surface area contributed by atoms with Crippen molar-refractivity contribution in [1.82, 2.24) is 4.72 Å². The smallest absolute Gasteiger partial charge is 0.282 e. The molecule has 0 unspecified atom stereocenters. The van der Waals surface area contributed by atoms with E-state index in [1.807, 2.05) is 6.92 Å². The molecule has 1 aliphatic rings. The van der Waals surface area contributed by atoms with Gasteiger partial charge in [-0.05, 0) is 70.2 Å². The Morgan fingerprint density at radius 1 is 1.11 bits per heavy atom. The van der Waals surface area contributed by atoms with Crippen LogP contribution in [-0.2, 0) is 14.8 Å². The van der Waals surface area contributed by atoms with Gasteiger partial charge in [0.15, 0.2) is 6.04 Å². The molecule has 1 aromatic carbocycles. The average molecular weight is 397 g/mol. The molecule has 4 atom stereocenters. The largest absolute Gasteiger partial charge is 0.334 e. The Balaban J connectivity index is 1.95. The van der Waals surface area contributed by atoms with Gasteiger partial charge in [0, 0.05) is 17.6 Å². The van der Waals surface area contributed by atoms with Crippen LogP contribution in [0.2, 0.25) is 0 Å². The van der Waals surface area contributed by atoms with Crippen LogP contribution in [0.1, 0.15) is 53.9 Å². The quantitative estimate of drug-likeness (QED) is 0.659. The number of anilines is 1. The fourth-order valence-corrected chi connectivity index (χ4v) is 4.96. The van der Waals surface area contributed by atoms with Crippen molar-refractivity contribution in [2.75, 3.05) is 5.32 Å². The van der Waals surface area contributed by atoms with Crippen LogP contribution in [0.3, 0.4) is 0 Å². The SMILES string of the molecule is CC(C)NS(=O)(=O)c1ccc(NC(=O)[C@H](C)[NH2+][C@H]2CCC[C@H](C)[C@H]2C)cc1. The van der Waals surface area contributed by atoms with Gasteiger partial charge in [-0.2, -0.15) is 0 Å². The van der Waals surface area contributed by atoms with Crippen LogP contribution in [-0.4, -0.2) is 32.5 Å². The van der Waals surface area contributed by atoms with Crippen LogP contribution >= 0.6 is 0 Å². The first-order valence-corrected chi connectivity index (χ1v) is 11.4. The summed E-state index contributed by atoms with van der Waals surface area (Å²) in [6, 6.07) is 6.41. The summed E-state index contributed by atoms with van der Waals surface area (Å²) in [5.41, 5.74) is 0.605. The summed E-state index contributed by atoms with van der Waals surface area (Å²) in [5.74, 6) is 1.24. The van der Waals surface area contributed by atoms with E-state index in [1.165, 1.54) is 25.0 Å². The number of carbonyl (C=O) groups is 1. The number of hydrogen-bond acceptors (Lipinski definition) is 3. The number of nitrogens with two attached hydrogens (primary N) is 1. The fraction of sp³-hybridized carbons (Fsp3) is 0.650. The molecule has 0 aliphatic heterocycles. The predicted molar refractivity (Wildman–Crippen MR) is 108 cm³/mol. The van der Waals surface area contributed by atoms with E-state index in [0.717, 1.165) is 6.42 Å². The van der Waals surface area contributed by atoms with Gasteiger partial charge in [-0.3, -0.25) is 4.79 Å². The minimum atomic E-state index is -3.52. The van der Waals surface area contributed by atoms with Crippen molar-refractivity contribution < 1.29 is 18.5 Å². The Kier molecular flexibility index (Phi) is 7.42. The van der Waals surface area contributed by atoms with Gasteiger partial charge in [-0.25, -0.2) is 13.1 Å². The second kappa shape index (κ2) is 9.17. The summed E-state index contributed by atoms with van der Waals surface area (Å²) in [6.45, 7) is 10.0. The average Bonchev–Trinajstić information content (AvgIpc) is 2.58. The highest BCUT2D eigenvalue weighted by atomic mass is 32.2. The van der Waals surface area contributed by atoms with Crippen molar-refractivity contribution >= 4 is 21.6 Å². The van der Waals surface area contributed by atoms with E-state index in [1.54, 1.807) is 26.0 Å². The van der Waals surface area contributed by atoms with Crippen LogP contribution < -0.4 is 15.4 Å². The molecule has 1 amide bonds. The van der Waals surface area contributed by atoms with Crippen molar-refractivity contribution in [2.45, 2.75) is 76.9 Å². The molecule has 4 N–H and O–H groups in total. The molecule has 0 spiro atoms. The lowest BCUT2D eigenvalue weighted by atomic mass is 9.78. The van der Waals surface area contributed by atoms with Crippen molar-refractivity contribution in [1.29, 1.82) is 0 Å². The maximum atomic E-state index is 12.5. The molecule has 152 valence electrons. The lowest BCUT2D eigenvalue weighted by Crippen LogP contribution is -2.97. The maximum Gasteiger partial charge on any atom is 0.282 e. The highest BCUT2D eigenvalue weighted by molar-refractivity contribution is 7.89. The zero-order valence-electron chi connectivity index (χ0n) is 17.0. The number of benzene rings is 1. The Hall–Kier alpha value is -1.44. The number of nitrogens with one attached hydrogen (secondary N) is 2. The Morgan fingerprint density at radius 3 is 2.33 bits per heavy atom. The van der Waals surface area contributed by atoms with Gasteiger partial charge in [-0.1, -0.05) is 13.8 Å². The molecule has 1 aliphatic carbocycles. The van der Waals surface area contributed by atoms with Gasteiger partial charge in [0.05, 0.1) is 10.9 Å². The van der Waals surface area contributed by atoms with Crippen LogP contribution in [0.4, 0.5) is 5.69 Å². The third-order valence-electron chi connectivity index (χ3n) is 5.54. The minimum Gasteiger partial charge on any atom is -0.334 e. The van der Waals surface area contributed by atoms with Crippen molar-refractivity contribution in [3.63, 3.8) is 0 Å². The molecule has 2 rings (SSSR count). The molecule has 0 bridgehead atoms. The molecule has 0 heterocycles. The number of rotatable bonds is 7. The van der Waals surface area contributed by atoms with Gasteiger partial charge < -0.3 is 10.6 Å². The number of carbonyl (C=O) groups excluding carboxylic acids is 1. The summed E-state index contributed by atoms with van der Waals surface area (Å²) in [4.78, 5) is 12.7. The van der Waals surface area contributed by atoms with E-state index in [-0.39, 0.29) is 22.9 Å². The number of amides is 1. The monoisotopic (exact) mass is 396 g/mol. The van der Waals surface area contributed by atoms with Crippen molar-refractivity contribution in [3.05, 3.63) is 24.3 Å². The van der Waals surface area contributed by atoms with Crippen molar-refractivity contribution in [2.24, 2.45) is 11.8 Å². The highest BCUT2D eigenvalue weighted by Gasteiger charge is 2.32. The van der Waals surface area contributed by atoms with E-state index >= 15 is 0 Å². The zero-order valence-corrected chi connectivity index (χ0v) is 17.8. The summed E-state index contributed by atoms with van der Waals surface area (Å²) in [7, 11) is -3.52. The van der Waals surface area contributed by atoms with E-state index in [9.17, 15) is 13.2 Å². The lowest BCUT2D eigenvalue weighted by molar-refractivity contribution is -0.715. The summed E-state index contributed by atoms with van der Waals surface area (Å²) >= 11 is 0. The molecular weight excluding hydrogens is 362 g/mol. The Labute approximate surface area is 163 Å². The first-order valence-electron chi connectivity index (χ1n) is 9.88. The third-order valence-corrected chi connectivity index (χ3v) is 7.22. The number of sulfonamides is 1. The third kappa shape index (κ3) is 6.02. The first kappa shape index (κ1) is 21.9. The standard InChI is InChI=1S/C20H33N3O3S/c1-13(2)23-27(25,26)18-11-9-17(10-12-18)22-20(24)16(5)21-19-8-6-7-14(3)15(19)4/h9-16,19,21,23H,6-8H2,1-5H3,(H,22,24)/p+1/t14-,15+,16-,19-/m0/s1. The lowest BCUT2D eigenvalue weighted by Gasteiger charge is -2.33. The van der Waals surface area contributed by atoms with Crippen LogP contribution in [0.15, 0.2) is 29.2 Å². The fourth-order valence-electron chi connectivity index (χ4n) is 3.70. The predicted octanol–water partition coefficient (Wildman–Crippen LogP) is 2.09. The molecule has 0 saturated heterocycles. The van der Waals surface area contributed by atoms with Gasteiger partial charge >= 0.3 is 0 Å². The first-order chi connectivity index (χ1) is 12.6. The van der Waals surface area contributed by atoms with Crippen LogP contribution in [0, 0.1) is 11.8 Å². The van der Waals surface area contributed by atoms with Gasteiger partial charge in [0.1, 0.15) is 0 Å². The minimum absolute atomic E-state index is 0.0589. The van der Waals surface area contributed by atoms with E-state index in [4.69, 9.17) is 0 Å². The number of quaternary nitrogens is 1. The second-order valence-electron chi connectivity index (χ2n) is 8.20. The van der Waals surface area contributed by atoms with Crippen LogP contribution in [0.25, 0.3) is 0 Å². The van der Waals surface area contributed by atoms with Gasteiger partial charge in [-0.15, -0.1) is 0 Å². The molecule has 1 fully saturated rings. The molecular formula is C20H34N3O3S+. The van der Waals surface area contributed by atoms with Gasteiger partial charge in [0.2, 0.25) is 10.0 Å². The molecule has 1 saturated carbocycles. The van der Waals surface area contributed by atoms with E-state index < -0.39 is 10.0 Å². The topological polar surface area (TPSA) is 91.9 Å². The Bertz CT molecular complexity index is 731. The molecule has 0 radical (unpaired) electrons. The van der Waals surface area contributed by atoms with Gasteiger partial charge in [0.25, 0.3) is 5.91 Å². The molecule has 0 aromatic heterocycles.